The largest absolute Gasteiger partial charge is 0.339 e. The molecule has 0 aromatic carbocycles. The first kappa shape index (κ1) is 15.0. The second-order valence-electron chi connectivity index (χ2n) is 5.81. The highest BCUT2D eigenvalue weighted by atomic mass is 16.2. The number of nitrogens with one attached hydrogen (secondary N) is 1. The third-order valence-corrected chi connectivity index (χ3v) is 3.07. The molecular formula is C13H25N3O2. The van der Waals surface area contributed by atoms with Crippen LogP contribution in [0.1, 0.15) is 34.1 Å². The van der Waals surface area contributed by atoms with Crippen LogP contribution < -0.4 is 5.32 Å². The smallest absolute Gasteiger partial charge is 0.223 e. The molecule has 0 saturated carbocycles. The van der Waals surface area contributed by atoms with Crippen LogP contribution in [0.3, 0.4) is 0 Å². The van der Waals surface area contributed by atoms with Gasteiger partial charge in [0.25, 0.3) is 0 Å². The fourth-order valence-corrected chi connectivity index (χ4v) is 1.97. The SMILES string of the molecule is CC(=O)N1CCN(C(=O)CCNC(C)(C)C)CC1. The fourth-order valence-electron chi connectivity index (χ4n) is 1.97. The molecule has 0 spiro atoms. The van der Waals surface area contributed by atoms with Crippen molar-refractivity contribution in [2.75, 3.05) is 32.7 Å². The minimum atomic E-state index is 0.0492. The van der Waals surface area contributed by atoms with Gasteiger partial charge in [0.05, 0.1) is 0 Å². The van der Waals surface area contributed by atoms with Crippen molar-refractivity contribution >= 4 is 11.8 Å². The lowest BCUT2D eigenvalue weighted by molar-refractivity contribution is -0.138. The van der Waals surface area contributed by atoms with E-state index in [1.807, 2.05) is 4.90 Å². The number of hydrogen-bond acceptors (Lipinski definition) is 3. The molecule has 2 amide bonds. The summed E-state index contributed by atoms with van der Waals surface area (Å²) < 4.78 is 0. The van der Waals surface area contributed by atoms with Gasteiger partial charge in [-0.2, -0.15) is 0 Å². The summed E-state index contributed by atoms with van der Waals surface area (Å²) >= 11 is 0. The zero-order valence-electron chi connectivity index (χ0n) is 12.0. The predicted octanol–water partition coefficient (Wildman–Crippen LogP) is 0.455. The van der Waals surface area contributed by atoms with Gasteiger partial charge in [0.1, 0.15) is 0 Å². The van der Waals surface area contributed by atoms with E-state index in [0.29, 0.717) is 39.1 Å². The average Bonchev–Trinajstić information content (AvgIpc) is 2.27. The van der Waals surface area contributed by atoms with Crippen LogP contribution in [0.25, 0.3) is 0 Å². The van der Waals surface area contributed by atoms with E-state index >= 15 is 0 Å². The number of amides is 2. The van der Waals surface area contributed by atoms with Crippen LogP contribution in [-0.2, 0) is 9.59 Å². The second kappa shape index (κ2) is 6.18. The Morgan fingerprint density at radius 2 is 1.56 bits per heavy atom. The lowest BCUT2D eigenvalue weighted by Gasteiger charge is -2.34. The lowest BCUT2D eigenvalue weighted by atomic mass is 10.1. The maximum absolute atomic E-state index is 11.9. The van der Waals surface area contributed by atoms with Gasteiger partial charge in [0.2, 0.25) is 11.8 Å². The molecule has 1 fully saturated rings. The molecule has 0 bridgehead atoms. The molecule has 0 aliphatic carbocycles. The first-order valence-electron chi connectivity index (χ1n) is 6.58. The fraction of sp³-hybridized carbons (Fsp3) is 0.846. The Morgan fingerprint density at radius 3 is 2.00 bits per heavy atom. The summed E-state index contributed by atoms with van der Waals surface area (Å²) in [7, 11) is 0. The van der Waals surface area contributed by atoms with Crippen LogP contribution in [0.5, 0.6) is 0 Å². The number of carbonyl (C=O) groups is 2. The molecular weight excluding hydrogens is 230 g/mol. The van der Waals surface area contributed by atoms with E-state index in [2.05, 4.69) is 26.1 Å². The standard InChI is InChI=1S/C13H25N3O2/c1-11(17)15-7-9-16(10-8-15)12(18)5-6-14-13(2,3)4/h14H,5-10H2,1-4H3. The summed E-state index contributed by atoms with van der Waals surface area (Å²) in [6.45, 7) is 11.2. The van der Waals surface area contributed by atoms with E-state index in [0.717, 1.165) is 0 Å². The highest BCUT2D eigenvalue weighted by Gasteiger charge is 2.22. The van der Waals surface area contributed by atoms with Crippen molar-refractivity contribution in [1.82, 2.24) is 15.1 Å². The lowest BCUT2D eigenvalue weighted by Crippen LogP contribution is -2.50. The van der Waals surface area contributed by atoms with Gasteiger partial charge in [0.15, 0.2) is 0 Å². The number of hydrogen-bond donors (Lipinski definition) is 1. The van der Waals surface area contributed by atoms with Crippen LogP contribution in [0.2, 0.25) is 0 Å². The van der Waals surface area contributed by atoms with Gasteiger partial charge in [0, 0.05) is 51.6 Å². The summed E-state index contributed by atoms with van der Waals surface area (Å²) in [5, 5.41) is 3.31. The molecule has 1 N–H and O–H groups in total. The van der Waals surface area contributed by atoms with Gasteiger partial charge in [-0.05, 0) is 20.8 Å². The van der Waals surface area contributed by atoms with Gasteiger partial charge in [-0.1, -0.05) is 0 Å². The van der Waals surface area contributed by atoms with Crippen LogP contribution in [-0.4, -0.2) is 59.9 Å². The van der Waals surface area contributed by atoms with Crippen molar-refractivity contribution < 1.29 is 9.59 Å². The Labute approximate surface area is 110 Å². The number of nitrogens with zero attached hydrogens (tertiary/aromatic N) is 2. The monoisotopic (exact) mass is 255 g/mol. The minimum absolute atomic E-state index is 0.0492. The van der Waals surface area contributed by atoms with E-state index in [1.54, 1.807) is 11.8 Å². The Bertz CT molecular complexity index is 302. The second-order valence-corrected chi connectivity index (χ2v) is 5.81. The Hall–Kier alpha value is -1.10. The van der Waals surface area contributed by atoms with E-state index in [-0.39, 0.29) is 17.4 Å². The molecule has 1 aliphatic heterocycles. The van der Waals surface area contributed by atoms with Crippen molar-refractivity contribution in [3.05, 3.63) is 0 Å². The van der Waals surface area contributed by atoms with Crippen molar-refractivity contribution in [2.24, 2.45) is 0 Å². The van der Waals surface area contributed by atoms with Crippen LogP contribution in [0.15, 0.2) is 0 Å². The molecule has 104 valence electrons. The van der Waals surface area contributed by atoms with E-state index in [9.17, 15) is 9.59 Å². The van der Waals surface area contributed by atoms with Gasteiger partial charge < -0.3 is 15.1 Å². The van der Waals surface area contributed by atoms with Gasteiger partial charge >= 0.3 is 0 Å². The Balaban J connectivity index is 2.26. The zero-order chi connectivity index (χ0) is 13.8. The van der Waals surface area contributed by atoms with Crippen LogP contribution >= 0.6 is 0 Å². The van der Waals surface area contributed by atoms with Crippen molar-refractivity contribution in [3.8, 4) is 0 Å². The van der Waals surface area contributed by atoms with Gasteiger partial charge in [-0.15, -0.1) is 0 Å². The minimum Gasteiger partial charge on any atom is -0.339 e. The summed E-state index contributed by atoms with van der Waals surface area (Å²) in [5.41, 5.74) is 0.0492. The first-order valence-corrected chi connectivity index (χ1v) is 6.58. The predicted molar refractivity (Wildman–Crippen MR) is 71.2 cm³/mol. The molecule has 1 heterocycles. The van der Waals surface area contributed by atoms with Crippen LogP contribution in [0, 0.1) is 0 Å². The molecule has 0 aromatic rings. The van der Waals surface area contributed by atoms with E-state index in [4.69, 9.17) is 0 Å². The number of rotatable bonds is 3. The maximum Gasteiger partial charge on any atom is 0.223 e. The third-order valence-electron chi connectivity index (χ3n) is 3.07. The summed E-state index contributed by atoms with van der Waals surface area (Å²) in [6, 6.07) is 0. The highest BCUT2D eigenvalue weighted by molar-refractivity contribution is 5.77. The third kappa shape index (κ3) is 5.04. The van der Waals surface area contributed by atoms with Crippen LogP contribution in [0.4, 0.5) is 0 Å². The topological polar surface area (TPSA) is 52.7 Å². The van der Waals surface area contributed by atoms with Crippen molar-refractivity contribution in [1.29, 1.82) is 0 Å². The molecule has 5 heteroatoms. The van der Waals surface area contributed by atoms with Crippen molar-refractivity contribution in [2.45, 2.75) is 39.7 Å². The molecule has 5 nitrogen and oxygen atoms in total. The molecule has 0 unspecified atom stereocenters. The first-order chi connectivity index (χ1) is 8.29. The molecule has 0 atom stereocenters. The molecule has 1 saturated heterocycles. The van der Waals surface area contributed by atoms with Crippen molar-refractivity contribution in [3.63, 3.8) is 0 Å². The summed E-state index contributed by atoms with van der Waals surface area (Å²) in [6.07, 6.45) is 0.525. The van der Waals surface area contributed by atoms with E-state index in [1.165, 1.54) is 0 Å². The zero-order valence-corrected chi connectivity index (χ0v) is 12.0. The number of piperazine rings is 1. The summed E-state index contributed by atoms with van der Waals surface area (Å²) in [4.78, 5) is 26.8. The van der Waals surface area contributed by atoms with Gasteiger partial charge in [-0.3, -0.25) is 9.59 Å². The van der Waals surface area contributed by atoms with E-state index < -0.39 is 0 Å². The Kier molecular flexibility index (Phi) is 5.14. The number of carbonyl (C=O) groups excluding carboxylic acids is 2. The highest BCUT2D eigenvalue weighted by Crippen LogP contribution is 2.05. The molecule has 1 aliphatic rings. The molecule has 0 radical (unpaired) electrons. The molecule has 1 rings (SSSR count). The maximum atomic E-state index is 11.9. The Morgan fingerprint density at radius 1 is 1.06 bits per heavy atom. The average molecular weight is 255 g/mol. The molecule has 18 heavy (non-hydrogen) atoms. The normalized spacial score (nSPS) is 16.9. The van der Waals surface area contributed by atoms with Gasteiger partial charge in [-0.25, -0.2) is 0 Å². The molecule has 0 aromatic heterocycles. The summed E-state index contributed by atoms with van der Waals surface area (Å²) in [5.74, 6) is 0.270. The quantitative estimate of drug-likeness (QED) is 0.797.